The van der Waals surface area contributed by atoms with Gasteiger partial charge in [-0.05, 0) is 36.8 Å². The lowest BCUT2D eigenvalue weighted by Crippen LogP contribution is -2.17. The van der Waals surface area contributed by atoms with E-state index in [0.717, 1.165) is 5.56 Å². The zero-order chi connectivity index (χ0) is 15.5. The zero-order valence-corrected chi connectivity index (χ0v) is 11.9. The first kappa shape index (κ1) is 15.5. The molecule has 0 spiro atoms. The molecule has 2 aromatic rings. The monoisotopic (exact) mass is 315 g/mol. The van der Waals surface area contributed by atoms with Gasteiger partial charge in [0.2, 0.25) is 0 Å². The minimum atomic E-state index is -4.69. The Morgan fingerprint density at radius 3 is 2.38 bits per heavy atom. The summed E-state index contributed by atoms with van der Waals surface area (Å²) in [5.74, 6) is -0.254. The molecule has 1 atom stereocenters. The molecule has 0 heterocycles. The maximum absolute atomic E-state index is 12.2. The van der Waals surface area contributed by atoms with Crippen molar-refractivity contribution in [3.8, 4) is 5.75 Å². The van der Waals surface area contributed by atoms with Gasteiger partial charge in [-0.15, -0.1) is 13.2 Å². The van der Waals surface area contributed by atoms with Crippen LogP contribution in [-0.4, -0.2) is 6.36 Å². The second-order valence-corrected chi connectivity index (χ2v) is 4.93. The Labute approximate surface area is 125 Å². The number of benzene rings is 2. The number of ether oxygens (including phenoxy) is 1. The Morgan fingerprint density at radius 2 is 1.76 bits per heavy atom. The quantitative estimate of drug-likeness (QED) is 0.814. The van der Waals surface area contributed by atoms with Crippen molar-refractivity contribution in [2.75, 3.05) is 5.32 Å². The smallest absolute Gasteiger partial charge is 0.406 e. The van der Waals surface area contributed by atoms with E-state index in [1.165, 1.54) is 18.2 Å². The zero-order valence-electron chi connectivity index (χ0n) is 11.1. The molecule has 2 aromatic carbocycles. The molecule has 0 bridgehead atoms. The number of halogens is 4. The van der Waals surface area contributed by atoms with Gasteiger partial charge in [0.15, 0.2) is 0 Å². The summed E-state index contributed by atoms with van der Waals surface area (Å²) >= 11 is 5.82. The van der Waals surface area contributed by atoms with Crippen molar-refractivity contribution in [3.63, 3.8) is 0 Å². The highest BCUT2D eigenvalue weighted by Gasteiger charge is 2.31. The van der Waals surface area contributed by atoms with Crippen molar-refractivity contribution >= 4 is 17.3 Å². The van der Waals surface area contributed by atoms with E-state index >= 15 is 0 Å². The maximum atomic E-state index is 12.2. The van der Waals surface area contributed by atoms with Crippen molar-refractivity contribution in [1.82, 2.24) is 0 Å². The maximum Gasteiger partial charge on any atom is 0.573 e. The summed E-state index contributed by atoms with van der Waals surface area (Å²) < 4.78 is 40.4. The van der Waals surface area contributed by atoms with Gasteiger partial charge in [0.25, 0.3) is 0 Å². The average molecular weight is 316 g/mol. The van der Waals surface area contributed by atoms with Crippen molar-refractivity contribution in [2.45, 2.75) is 19.3 Å². The Bertz CT molecular complexity index is 599. The topological polar surface area (TPSA) is 21.3 Å². The van der Waals surface area contributed by atoms with Gasteiger partial charge in [-0.1, -0.05) is 29.8 Å². The predicted molar refractivity (Wildman–Crippen MR) is 76.6 cm³/mol. The van der Waals surface area contributed by atoms with E-state index in [4.69, 9.17) is 11.6 Å². The number of nitrogens with one attached hydrogen (secondary N) is 1. The molecular formula is C15H13ClF3NO. The van der Waals surface area contributed by atoms with Crippen LogP contribution in [0.15, 0.2) is 48.5 Å². The molecule has 2 rings (SSSR count). The fourth-order valence-corrected chi connectivity index (χ4v) is 1.99. The molecular weight excluding hydrogens is 303 g/mol. The number of anilines is 1. The normalized spacial score (nSPS) is 12.8. The van der Waals surface area contributed by atoms with Crippen LogP contribution in [0.4, 0.5) is 18.9 Å². The average Bonchev–Trinajstić information content (AvgIpc) is 2.37. The first-order valence-corrected chi connectivity index (χ1v) is 6.59. The standard InChI is InChI=1S/C15H13ClF3NO/c1-10(11-5-7-12(16)8-6-11)20-13-3-2-4-14(9-13)21-15(17,18)19/h2-10,20H,1H3. The summed E-state index contributed by atoms with van der Waals surface area (Å²) in [7, 11) is 0. The molecule has 0 fully saturated rings. The minimum Gasteiger partial charge on any atom is -0.406 e. The van der Waals surface area contributed by atoms with Crippen molar-refractivity contribution in [3.05, 3.63) is 59.1 Å². The van der Waals surface area contributed by atoms with Crippen LogP contribution >= 0.6 is 11.6 Å². The summed E-state index contributed by atoms with van der Waals surface area (Å²) in [6.07, 6.45) is -4.69. The molecule has 1 N–H and O–H groups in total. The van der Waals surface area contributed by atoms with Gasteiger partial charge in [0, 0.05) is 22.8 Å². The summed E-state index contributed by atoms with van der Waals surface area (Å²) in [5, 5.41) is 3.74. The van der Waals surface area contributed by atoms with Gasteiger partial charge < -0.3 is 10.1 Å². The van der Waals surface area contributed by atoms with E-state index < -0.39 is 6.36 Å². The second kappa shape index (κ2) is 6.26. The molecule has 2 nitrogen and oxygen atoms in total. The Hall–Kier alpha value is -1.88. The highest BCUT2D eigenvalue weighted by Crippen LogP contribution is 2.27. The third kappa shape index (κ3) is 4.86. The third-order valence-corrected chi connectivity index (χ3v) is 3.07. The lowest BCUT2D eigenvalue weighted by Gasteiger charge is -2.17. The minimum absolute atomic E-state index is 0.0802. The van der Waals surface area contributed by atoms with Crippen LogP contribution < -0.4 is 10.1 Å². The van der Waals surface area contributed by atoms with Crippen LogP contribution in [0.1, 0.15) is 18.5 Å². The van der Waals surface area contributed by atoms with Gasteiger partial charge >= 0.3 is 6.36 Å². The first-order valence-electron chi connectivity index (χ1n) is 6.21. The molecule has 0 saturated heterocycles. The fourth-order valence-electron chi connectivity index (χ4n) is 1.87. The predicted octanol–water partition coefficient (Wildman–Crippen LogP) is 5.41. The van der Waals surface area contributed by atoms with E-state index in [0.29, 0.717) is 10.7 Å². The van der Waals surface area contributed by atoms with Crippen LogP contribution in [0.5, 0.6) is 5.75 Å². The van der Waals surface area contributed by atoms with E-state index in [9.17, 15) is 13.2 Å². The Kier molecular flexibility index (Phi) is 4.63. The molecule has 0 amide bonds. The summed E-state index contributed by atoms with van der Waals surface area (Å²) in [6, 6.07) is 12.9. The summed E-state index contributed by atoms with van der Waals surface area (Å²) in [4.78, 5) is 0. The van der Waals surface area contributed by atoms with Crippen LogP contribution in [0.25, 0.3) is 0 Å². The molecule has 0 aliphatic heterocycles. The second-order valence-electron chi connectivity index (χ2n) is 4.49. The number of alkyl halides is 3. The number of rotatable bonds is 4. The first-order chi connectivity index (χ1) is 9.83. The molecule has 0 saturated carbocycles. The van der Waals surface area contributed by atoms with Crippen LogP contribution in [0.3, 0.4) is 0 Å². The van der Waals surface area contributed by atoms with Gasteiger partial charge in [0.1, 0.15) is 5.75 Å². The van der Waals surface area contributed by atoms with E-state index in [-0.39, 0.29) is 11.8 Å². The molecule has 0 aliphatic carbocycles. The number of hydrogen-bond acceptors (Lipinski definition) is 2. The molecule has 21 heavy (non-hydrogen) atoms. The van der Waals surface area contributed by atoms with Gasteiger partial charge in [0.05, 0.1) is 0 Å². The van der Waals surface area contributed by atoms with Gasteiger partial charge in [-0.2, -0.15) is 0 Å². The van der Waals surface area contributed by atoms with Gasteiger partial charge in [-0.3, -0.25) is 0 Å². The van der Waals surface area contributed by atoms with Gasteiger partial charge in [-0.25, -0.2) is 0 Å². The van der Waals surface area contributed by atoms with E-state index in [2.05, 4.69) is 10.1 Å². The largest absolute Gasteiger partial charge is 0.573 e. The lowest BCUT2D eigenvalue weighted by atomic mass is 10.1. The fraction of sp³-hybridized carbons (Fsp3) is 0.200. The lowest BCUT2D eigenvalue weighted by molar-refractivity contribution is -0.274. The summed E-state index contributed by atoms with van der Waals surface area (Å²) in [6.45, 7) is 1.90. The molecule has 1 unspecified atom stereocenters. The molecule has 0 aliphatic rings. The SMILES string of the molecule is CC(Nc1cccc(OC(F)(F)F)c1)c1ccc(Cl)cc1. The van der Waals surface area contributed by atoms with Crippen LogP contribution in [0, 0.1) is 0 Å². The van der Waals surface area contributed by atoms with E-state index in [1.807, 2.05) is 19.1 Å². The highest BCUT2D eigenvalue weighted by molar-refractivity contribution is 6.30. The highest BCUT2D eigenvalue weighted by atomic mass is 35.5. The van der Waals surface area contributed by atoms with E-state index in [1.54, 1.807) is 18.2 Å². The molecule has 0 radical (unpaired) electrons. The number of hydrogen-bond donors (Lipinski definition) is 1. The molecule has 112 valence electrons. The van der Waals surface area contributed by atoms with Crippen molar-refractivity contribution < 1.29 is 17.9 Å². The summed E-state index contributed by atoms with van der Waals surface area (Å²) in [5.41, 5.74) is 1.51. The van der Waals surface area contributed by atoms with Crippen LogP contribution in [-0.2, 0) is 0 Å². The van der Waals surface area contributed by atoms with Crippen molar-refractivity contribution in [2.24, 2.45) is 0 Å². The van der Waals surface area contributed by atoms with Crippen LogP contribution in [0.2, 0.25) is 5.02 Å². The molecule has 0 aromatic heterocycles. The third-order valence-electron chi connectivity index (χ3n) is 2.82. The Balaban J connectivity index is 2.08. The Morgan fingerprint density at radius 1 is 1.10 bits per heavy atom. The van der Waals surface area contributed by atoms with Crippen molar-refractivity contribution in [1.29, 1.82) is 0 Å². The molecule has 6 heteroatoms.